The standard InChI is InChI=1S/C21H21N3O2/c25-19-17-9-6-10-22-20(17)24(15-7-2-1-3-8-15)21-18(19)13-16(26-21)14-23-11-4-5-12-23/h1-3,6-10,16H,4-5,11-14H2. The fourth-order valence-electron chi connectivity index (χ4n) is 4.15. The minimum atomic E-state index is 0.0302. The number of ether oxygens (including phenoxy) is 1. The van der Waals surface area contributed by atoms with Crippen molar-refractivity contribution in [3.8, 4) is 11.6 Å². The summed E-state index contributed by atoms with van der Waals surface area (Å²) in [7, 11) is 0. The molecule has 0 N–H and O–H groups in total. The van der Waals surface area contributed by atoms with E-state index >= 15 is 0 Å². The average molecular weight is 347 g/mol. The van der Waals surface area contributed by atoms with Gasteiger partial charge in [-0.15, -0.1) is 0 Å². The van der Waals surface area contributed by atoms with Crippen molar-refractivity contribution in [3.05, 3.63) is 64.4 Å². The number of pyridine rings is 2. The molecule has 0 bridgehead atoms. The van der Waals surface area contributed by atoms with Crippen LogP contribution in [-0.2, 0) is 6.42 Å². The number of rotatable bonds is 3. The van der Waals surface area contributed by atoms with E-state index < -0.39 is 0 Å². The Kier molecular flexibility index (Phi) is 3.75. The topological polar surface area (TPSA) is 47.4 Å². The lowest BCUT2D eigenvalue weighted by molar-refractivity contribution is 0.162. The lowest BCUT2D eigenvalue weighted by Crippen LogP contribution is -2.33. The van der Waals surface area contributed by atoms with Crippen molar-refractivity contribution >= 4 is 11.0 Å². The number of nitrogens with zero attached hydrogens (tertiary/aromatic N) is 3. The van der Waals surface area contributed by atoms with Crippen molar-refractivity contribution < 1.29 is 4.74 Å². The smallest absolute Gasteiger partial charge is 0.207 e. The van der Waals surface area contributed by atoms with E-state index in [4.69, 9.17) is 4.74 Å². The van der Waals surface area contributed by atoms with Gasteiger partial charge in [-0.2, -0.15) is 0 Å². The molecule has 0 saturated carbocycles. The summed E-state index contributed by atoms with van der Waals surface area (Å²) in [6.07, 6.45) is 4.93. The molecule has 26 heavy (non-hydrogen) atoms. The van der Waals surface area contributed by atoms with Crippen molar-refractivity contribution in [2.75, 3.05) is 19.6 Å². The van der Waals surface area contributed by atoms with Crippen molar-refractivity contribution in [3.63, 3.8) is 0 Å². The third-order valence-electron chi connectivity index (χ3n) is 5.36. The molecule has 4 heterocycles. The Bertz CT molecular complexity index is 1010. The number of fused-ring (bicyclic) bond motifs is 2. The Hall–Kier alpha value is -2.66. The Labute approximate surface area is 151 Å². The highest BCUT2D eigenvalue weighted by Gasteiger charge is 2.32. The predicted octanol–water partition coefficient (Wildman–Crippen LogP) is 2.79. The summed E-state index contributed by atoms with van der Waals surface area (Å²) in [6.45, 7) is 3.14. The largest absolute Gasteiger partial charge is 0.473 e. The third-order valence-corrected chi connectivity index (χ3v) is 5.36. The maximum atomic E-state index is 13.0. The van der Waals surface area contributed by atoms with Crippen molar-refractivity contribution in [1.82, 2.24) is 14.5 Å². The normalized spacial score (nSPS) is 19.6. The quantitative estimate of drug-likeness (QED) is 0.731. The van der Waals surface area contributed by atoms with E-state index in [1.54, 1.807) is 6.20 Å². The minimum Gasteiger partial charge on any atom is -0.473 e. The lowest BCUT2D eigenvalue weighted by Gasteiger charge is -2.20. The third kappa shape index (κ3) is 2.51. The average Bonchev–Trinajstić information content (AvgIpc) is 3.33. The molecule has 1 unspecified atom stereocenters. The van der Waals surface area contributed by atoms with Gasteiger partial charge in [0.15, 0.2) is 11.1 Å². The van der Waals surface area contributed by atoms with Crippen LogP contribution < -0.4 is 10.2 Å². The van der Waals surface area contributed by atoms with Gasteiger partial charge < -0.3 is 4.74 Å². The van der Waals surface area contributed by atoms with Crippen LogP contribution in [0.25, 0.3) is 16.7 Å². The van der Waals surface area contributed by atoms with Crippen molar-refractivity contribution in [1.29, 1.82) is 0 Å². The SMILES string of the molecule is O=c1c2c(n(-c3ccccc3)c3ncccc13)OC(CN1CCCC1)C2. The Morgan fingerprint density at radius 3 is 2.69 bits per heavy atom. The molecule has 0 spiro atoms. The molecule has 5 rings (SSSR count). The van der Waals surface area contributed by atoms with Gasteiger partial charge in [-0.05, 0) is 50.2 Å². The van der Waals surface area contributed by atoms with Gasteiger partial charge in [0, 0.05) is 19.2 Å². The highest BCUT2D eigenvalue weighted by Crippen LogP contribution is 2.32. The van der Waals surface area contributed by atoms with Gasteiger partial charge in [-0.3, -0.25) is 14.3 Å². The van der Waals surface area contributed by atoms with Gasteiger partial charge in [0.25, 0.3) is 0 Å². The van der Waals surface area contributed by atoms with E-state index in [9.17, 15) is 4.79 Å². The molecule has 3 aromatic rings. The first-order chi connectivity index (χ1) is 12.8. The second-order valence-corrected chi connectivity index (χ2v) is 7.11. The van der Waals surface area contributed by atoms with E-state index in [1.165, 1.54) is 12.8 Å². The van der Waals surface area contributed by atoms with Crippen LogP contribution in [0, 0.1) is 0 Å². The summed E-state index contributed by atoms with van der Waals surface area (Å²) in [5.74, 6) is 0.664. The molecular formula is C21H21N3O2. The maximum absolute atomic E-state index is 13.0. The Morgan fingerprint density at radius 2 is 1.88 bits per heavy atom. The molecule has 5 nitrogen and oxygen atoms in total. The first-order valence-corrected chi connectivity index (χ1v) is 9.28. The molecular weight excluding hydrogens is 326 g/mol. The lowest BCUT2D eigenvalue weighted by atomic mass is 10.1. The van der Waals surface area contributed by atoms with Gasteiger partial charge in [-0.25, -0.2) is 4.98 Å². The summed E-state index contributed by atoms with van der Waals surface area (Å²) >= 11 is 0. The van der Waals surface area contributed by atoms with Crippen LogP contribution in [0.15, 0.2) is 53.5 Å². The van der Waals surface area contributed by atoms with Crippen LogP contribution in [0.1, 0.15) is 18.4 Å². The molecule has 1 fully saturated rings. The van der Waals surface area contributed by atoms with Crippen molar-refractivity contribution in [2.24, 2.45) is 0 Å². The van der Waals surface area contributed by atoms with Crippen LogP contribution in [0.4, 0.5) is 0 Å². The highest BCUT2D eigenvalue weighted by molar-refractivity contribution is 5.79. The molecule has 2 aromatic heterocycles. The molecule has 1 saturated heterocycles. The number of para-hydroxylation sites is 1. The molecule has 0 aliphatic carbocycles. The van der Waals surface area contributed by atoms with Gasteiger partial charge in [-0.1, -0.05) is 18.2 Å². The fraction of sp³-hybridized carbons (Fsp3) is 0.333. The first-order valence-electron chi connectivity index (χ1n) is 9.28. The van der Waals surface area contributed by atoms with Crippen LogP contribution in [-0.4, -0.2) is 40.2 Å². The summed E-state index contributed by atoms with van der Waals surface area (Å²) in [5, 5.41) is 0.653. The zero-order valence-electron chi connectivity index (χ0n) is 14.6. The van der Waals surface area contributed by atoms with Gasteiger partial charge in [0.2, 0.25) is 5.88 Å². The predicted molar refractivity (Wildman–Crippen MR) is 101 cm³/mol. The molecule has 1 aromatic carbocycles. The minimum absolute atomic E-state index is 0.0302. The number of hydrogen-bond acceptors (Lipinski definition) is 4. The van der Waals surface area contributed by atoms with Gasteiger partial charge in [0.05, 0.1) is 16.6 Å². The molecule has 2 aliphatic heterocycles. The maximum Gasteiger partial charge on any atom is 0.207 e. The van der Waals surface area contributed by atoms with Crippen LogP contribution >= 0.6 is 0 Å². The monoisotopic (exact) mass is 347 g/mol. The molecule has 0 radical (unpaired) electrons. The molecule has 2 aliphatic rings. The van der Waals surface area contributed by atoms with E-state index in [1.807, 2.05) is 47.0 Å². The molecule has 1 atom stereocenters. The first kappa shape index (κ1) is 15.6. The highest BCUT2D eigenvalue weighted by atomic mass is 16.5. The van der Waals surface area contributed by atoms with E-state index in [0.29, 0.717) is 23.3 Å². The fourth-order valence-corrected chi connectivity index (χ4v) is 4.15. The van der Waals surface area contributed by atoms with Crippen LogP contribution in [0.3, 0.4) is 0 Å². The molecule has 0 amide bonds. The number of benzene rings is 1. The second-order valence-electron chi connectivity index (χ2n) is 7.11. The molecule has 5 heteroatoms. The summed E-state index contributed by atoms with van der Waals surface area (Å²) in [5.41, 5.74) is 2.45. The van der Waals surface area contributed by atoms with Crippen LogP contribution in [0.2, 0.25) is 0 Å². The summed E-state index contributed by atoms with van der Waals surface area (Å²) in [4.78, 5) is 20.0. The number of aromatic nitrogens is 2. The van der Waals surface area contributed by atoms with Gasteiger partial charge in [0.1, 0.15) is 6.10 Å². The van der Waals surface area contributed by atoms with Crippen molar-refractivity contribution in [2.45, 2.75) is 25.4 Å². The molecule has 132 valence electrons. The second kappa shape index (κ2) is 6.25. The zero-order chi connectivity index (χ0) is 17.5. The van der Waals surface area contributed by atoms with Gasteiger partial charge >= 0.3 is 0 Å². The van der Waals surface area contributed by atoms with E-state index in [0.717, 1.165) is 30.9 Å². The Morgan fingerprint density at radius 1 is 1.08 bits per heavy atom. The number of hydrogen-bond donors (Lipinski definition) is 0. The van der Waals surface area contributed by atoms with E-state index in [2.05, 4.69) is 9.88 Å². The summed E-state index contributed by atoms with van der Waals surface area (Å²) < 4.78 is 8.32. The summed E-state index contributed by atoms with van der Waals surface area (Å²) in [6, 6.07) is 13.7. The number of likely N-dealkylation sites (tertiary alicyclic amines) is 1. The Balaban J connectivity index is 1.65. The zero-order valence-corrected chi connectivity index (χ0v) is 14.6. The van der Waals surface area contributed by atoms with E-state index in [-0.39, 0.29) is 11.5 Å². The van der Waals surface area contributed by atoms with Crippen LogP contribution in [0.5, 0.6) is 5.88 Å².